The number of rotatable bonds is 5. The SMILES string of the molecule is O=C(NC1CC1)c1c(NC(=O)[C@H]2[C@@H](C(=O)O)[C@@H]3CC[C@H]2O3)sc2c1CCCC2. The fourth-order valence-electron chi connectivity index (χ4n) is 4.90. The minimum absolute atomic E-state index is 0.115. The lowest BCUT2D eigenvalue weighted by molar-refractivity contribution is -0.147. The zero-order chi connectivity index (χ0) is 19.4. The van der Waals surface area contributed by atoms with Gasteiger partial charge in [0.1, 0.15) is 5.00 Å². The molecule has 0 unspecified atom stereocenters. The molecule has 3 fully saturated rings. The van der Waals surface area contributed by atoms with E-state index < -0.39 is 17.8 Å². The Labute approximate surface area is 166 Å². The molecule has 28 heavy (non-hydrogen) atoms. The van der Waals surface area contributed by atoms with Gasteiger partial charge in [-0.2, -0.15) is 0 Å². The summed E-state index contributed by atoms with van der Waals surface area (Å²) in [5.41, 5.74) is 1.65. The molecular weight excluding hydrogens is 380 g/mol. The second-order valence-corrected chi connectivity index (χ2v) is 9.44. The Morgan fingerprint density at radius 2 is 1.71 bits per heavy atom. The van der Waals surface area contributed by atoms with E-state index in [1.807, 2.05) is 0 Å². The minimum Gasteiger partial charge on any atom is -0.481 e. The number of nitrogens with one attached hydrogen (secondary N) is 2. The summed E-state index contributed by atoms with van der Waals surface area (Å²) in [6.45, 7) is 0. The van der Waals surface area contributed by atoms with Gasteiger partial charge in [-0.25, -0.2) is 0 Å². The van der Waals surface area contributed by atoms with Crippen molar-refractivity contribution in [2.24, 2.45) is 11.8 Å². The molecule has 1 aromatic heterocycles. The maximum atomic E-state index is 13.1. The van der Waals surface area contributed by atoms with Gasteiger partial charge < -0.3 is 20.5 Å². The van der Waals surface area contributed by atoms with E-state index in [0.717, 1.165) is 44.1 Å². The lowest BCUT2D eigenvalue weighted by Crippen LogP contribution is -2.41. The second-order valence-electron chi connectivity index (χ2n) is 8.33. The lowest BCUT2D eigenvalue weighted by atomic mass is 9.78. The van der Waals surface area contributed by atoms with Crippen LogP contribution in [0.4, 0.5) is 5.00 Å². The van der Waals surface area contributed by atoms with E-state index in [0.29, 0.717) is 23.4 Å². The molecule has 0 radical (unpaired) electrons. The van der Waals surface area contributed by atoms with E-state index in [2.05, 4.69) is 10.6 Å². The molecular formula is C20H24N2O5S. The number of hydrogen-bond acceptors (Lipinski definition) is 5. The molecule has 150 valence electrons. The number of carboxylic acid groups (broad SMARTS) is 1. The number of amides is 2. The van der Waals surface area contributed by atoms with Gasteiger partial charge in [-0.1, -0.05) is 0 Å². The van der Waals surface area contributed by atoms with Crippen molar-refractivity contribution in [1.82, 2.24) is 5.32 Å². The minimum atomic E-state index is -0.982. The standard InChI is InChI=1S/C20H24N2O5S/c23-17(21-9-5-6-9)14-10-3-1-2-4-13(10)28-19(14)22-18(24)15-11-7-8-12(27-11)16(15)20(25)26/h9,11-12,15-16H,1-8H2,(H,21,23)(H,22,24)(H,25,26)/t11-,12+,15-,16+/m1/s1. The van der Waals surface area contributed by atoms with Crippen LogP contribution in [0.2, 0.25) is 0 Å². The second kappa shape index (κ2) is 6.84. The van der Waals surface area contributed by atoms with E-state index in [-0.39, 0.29) is 30.1 Å². The van der Waals surface area contributed by atoms with Crippen LogP contribution >= 0.6 is 11.3 Å². The van der Waals surface area contributed by atoms with Crippen LogP contribution in [0.15, 0.2) is 0 Å². The fourth-order valence-corrected chi connectivity index (χ4v) is 6.19. The Balaban J connectivity index is 1.43. The lowest BCUT2D eigenvalue weighted by Gasteiger charge is -2.23. The first-order valence-electron chi connectivity index (χ1n) is 10.2. The zero-order valence-electron chi connectivity index (χ0n) is 15.5. The van der Waals surface area contributed by atoms with Crippen LogP contribution in [-0.4, -0.2) is 41.1 Å². The van der Waals surface area contributed by atoms with Gasteiger partial charge in [-0.3, -0.25) is 14.4 Å². The van der Waals surface area contributed by atoms with Crippen molar-refractivity contribution in [3.05, 3.63) is 16.0 Å². The summed E-state index contributed by atoms with van der Waals surface area (Å²) < 4.78 is 5.72. The molecule has 4 aliphatic rings. The number of carbonyl (C=O) groups excluding carboxylic acids is 2. The topological polar surface area (TPSA) is 105 Å². The van der Waals surface area contributed by atoms with Crippen LogP contribution in [0.1, 0.15) is 59.3 Å². The van der Waals surface area contributed by atoms with Crippen LogP contribution in [0.5, 0.6) is 0 Å². The summed E-state index contributed by atoms with van der Waals surface area (Å²) >= 11 is 1.47. The molecule has 2 aliphatic carbocycles. The van der Waals surface area contributed by atoms with E-state index >= 15 is 0 Å². The van der Waals surface area contributed by atoms with E-state index in [1.54, 1.807) is 0 Å². The normalized spacial score (nSPS) is 30.7. The molecule has 0 aromatic carbocycles. The molecule has 3 N–H and O–H groups in total. The number of thiophene rings is 1. The molecule has 2 bridgehead atoms. The van der Waals surface area contributed by atoms with Gasteiger partial charge in [0.25, 0.3) is 5.91 Å². The van der Waals surface area contributed by atoms with Crippen LogP contribution in [0.25, 0.3) is 0 Å². The first-order chi connectivity index (χ1) is 13.5. The summed E-state index contributed by atoms with van der Waals surface area (Å²) in [7, 11) is 0. The van der Waals surface area contributed by atoms with Crippen LogP contribution in [0, 0.1) is 11.8 Å². The molecule has 4 atom stereocenters. The molecule has 2 aliphatic heterocycles. The van der Waals surface area contributed by atoms with Gasteiger partial charge in [0.2, 0.25) is 5.91 Å². The highest BCUT2D eigenvalue weighted by atomic mass is 32.1. The molecule has 1 aromatic rings. The van der Waals surface area contributed by atoms with Crippen molar-refractivity contribution < 1.29 is 24.2 Å². The third kappa shape index (κ3) is 3.03. The average molecular weight is 404 g/mol. The van der Waals surface area contributed by atoms with Gasteiger partial charge in [-0.15, -0.1) is 11.3 Å². The van der Waals surface area contributed by atoms with Gasteiger partial charge in [0.05, 0.1) is 29.6 Å². The largest absolute Gasteiger partial charge is 0.481 e. The monoisotopic (exact) mass is 404 g/mol. The third-order valence-electron chi connectivity index (χ3n) is 6.41. The summed E-state index contributed by atoms with van der Waals surface area (Å²) in [6, 6.07) is 0.241. The number of carbonyl (C=O) groups is 3. The van der Waals surface area contributed by atoms with Crippen molar-refractivity contribution in [2.45, 2.75) is 69.6 Å². The van der Waals surface area contributed by atoms with Crippen LogP contribution in [-0.2, 0) is 27.2 Å². The quantitative estimate of drug-likeness (QED) is 0.699. The summed E-state index contributed by atoms with van der Waals surface area (Å²) in [5.74, 6) is -2.94. The zero-order valence-corrected chi connectivity index (χ0v) is 16.3. The van der Waals surface area contributed by atoms with Crippen molar-refractivity contribution in [3.63, 3.8) is 0 Å². The Morgan fingerprint density at radius 1 is 1.00 bits per heavy atom. The van der Waals surface area contributed by atoms with E-state index in [9.17, 15) is 19.5 Å². The van der Waals surface area contributed by atoms with Gasteiger partial charge in [0, 0.05) is 10.9 Å². The van der Waals surface area contributed by atoms with Gasteiger partial charge in [-0.05, 0) is 56.9 Å². The Morgan fingerprint density at radius 3 is 2.43 bits per heavy atom. The first-order valence-corrected chi connectivity index (χ1v) is 11.0. The van der Waals surface area contributed by atoms with Crippen molar-refractivity contribution in [1.29, 1.82) is 0 Å². The number of aryl methyl sites for hydroxylation is 1. The molecule has 7 nitrogen and oxygen atoms in total. The Bertz CT molecular complexity index is 846. The average Bonchev–Trinajstić information content (AvgIpc) is 3.10. The summed E-state index contributed by atoms with van der Waals surface area (Å²) in [5, 5.41) is 16.1. The molecule has 3 heterocycles. The highest BCUT2D eigenvalue weighted by Gasteiger charge is 2.55. The van der Waals surface area contributed by atoms with E-state index in [4.69, 9.17) is 4.74 Å². The van der Waals surface area contributed by atoms with Crippen LogP contribution in [0.3, 0.4) is 0 Å². The molecule has 2 saturated heterocycles. The maximum absolute atomic E-state index is 13.1. The highest BCUT2D eigenvalue weighted by molar-refractivity contribution is 7.17. The Kier molecular flexibility index (Phi) is 4.43. The van der Waals surface area contributed by atoms with Crippen molar-refractivity contribution in [3.8, 4) is 0 Å². The predicted molar refractivity (Wildman–Crippen MR) is 103 cm³/mol. The molecule has 5 rings (SSSR count). The summed E-state index contributed by atoms with van der Waals surface area (Å²) in [4.78, 5) is 38.8. The van der Waals surface area contributed by atoms with Gasteiger partial charge >= 0.3 is 5.97 Å². The Hall–Kier alpha value is -1.93. The summed E-state index contributed by atoms with van der Waals surface area (Å²) in [6.07, 6.45) is 6.59. The number of anilines is 1. The van der Waals surface area contributed by atoms with Crippen molar-refractivity contribution in [2.75, 3.05) is 5.32 Å². The number of carboxylic acids is 1. The molecule has 2 amide bonds. The van der Waals surface area contributed by atoms with Crippen LogP contribution < -0.4 is 10.6 Å². The van der Waals surface area contributed by atoms with Crippen molar-refractivity contribution >= 4 is 34.1 Å². The number of fused-ring (bicyclic) bond motifs is 3. The highest BCUT2D eigenvalue weighted by Crippen LogP contribution is 2.45. The van der Waals surface area contributed by atoms with E-state index in [1.165, 1.54) is 16.2 Å². The molecule has 8 heteroatoms. The maximum Gasteiger partial charge on any atom is 0.310 e. The predicted octanol–water partition coefficient (Wildman–Crippen LogP) is 2.34. The smallest absolute Gasteiger partial charge is 0.310 e. The number of hydrogen-bond donors (Lipinski definition) is 3. The van der Waals surface area contributed by atoms with Gasteiger partial charge in [0.15, 0.2) is 0 Å². The fraction of sp³-hybridized carbons (Fsp3) is 0.650. The third-order valence-corrected chi connectivity index (χ3v) is 7.62. The number of aliphatic carboxylic acids is 1. The first kappa shape index (κ1) is 18.1. The molecule has 0 spiro atoms. The number of ether oxygens (including phenoxy) is 1. The molecule has 1 saturated carbocycles.